The highest BCUT2D eigenvalue weighted by Gasteiger charge is 2.38. The van der Waals surface area contributed by atoms with Crippen LogP contribution in [-0.4, -0.2) is 22.1 Å². The first-order valence-electron chi connectivity index (χ1n) is 6.00. The highest BCUT2D eigenvalue weighted by Crippen LogP contribution is 2.36. The summed E-state index contributed by atoms with van der Waals surface area (Å²) in [5.41, 5.74) is 1.85. The van der Waals surface area contributed by atoms with Crippen molar-refractivity contribution in [2.24, 2.45) is 0 Å². The van der Waals surface area contributed by atoms with E-state index in [1.54, 1.807) is 16.2 Å². The van der Waals surface area contributed by atoms with Crippen LogP contribution in [-0.2, 0) is 11.3 Å². The summed E-state index contributed by atoms with van der Waals surface area (Å²) >= 11 is 1.62. The molecule has 3 nitrogen and oxygen atoms in total. The maximum atomic E-state index is 12.2. The quantitative estimate of drug-likeness (QED) is 0.873. The summed E-state index contributed by atoms with van der Waals surface area (Å²) in [4.78, 5) is 14.9. The lowest BCUT2D eigenvalue weighted by Crippen LogP contribution is -2.34. The molecule has 90 valence electrons. The van der Waals surface area contributed by atoms with Crippen molar-refractivity contribution >= 4 is 17.2 Å². The first kappa shape index (κ1) is 11.0. The minimum atomic E-state index is -0.681. The Morgan fingerprint density at radius 2 is 2.24 bits per heavy atom. The molecule has 1 aromatic heterocycles. The molecule has 2 heterocycles. The summed E-state index contributed by atoms with van der Waals surface area (Å²) in [6.45, 7) is 0.532. The van der Waals surface area contributed by atoms with Crippen LogP contribution in [0.15, 0.2) is 28.7 Å². The predicted molar refractivity (Wildman–Crippen MR) is 66.4 cm³/mol. The molecular formula is C13H15NO2S. The molecule has 1 N–H and O–H groups in total. The summed E-state index contributed by atoms with van der Waals surface area (Å²) in [6, 6.07) is 3.97. The molecule has 2 aliphatic rings. The zero-order chi connectivity index (χ0) is 11.8. The Morgan fingerprint density at radius 1 is 1.41 bits per heavy atom. The Kier molecular flexibility index (Phi) is 2.76. The highest BCUT2D eigenvalue weighted by molar-refractivity contribution is 7.09. The molecule has 0 bridgehead atoms. The van der Waals surface area contributed by atoms with E-state index in [1.165, 1.54) is 0 Å². The second kappa shape index (κ2) is 4.27. The standard InChI is InChI=1S/C13H15NO2S/c15-12-10-5-1-2-6-11(10)13(16)14(12)8-9-4-3-7-17-9/h3-4,7,12,15H,1-2,5-6,8H2/t12-/m0/s1. The smallest absolute Gasteiger partial charge is 0.252 e. The number of amides is 1. The van der Waals surface area contributed by atoms with E-state index in [2.05, 4.69) is 0 Å². The number of aliphatic hydroxyl groups is 1. The summed E-state index contributed by atoms with van der Waals surface area (Å²) in [7, 11) is 0. The van der Waals surface area contributed by atoms with Crippen LogP contribution in [0.5, 0.6) is 0 Å². The van der Waals surface area contributed by atoms with Crippen molar-refractivity contribution in [2.45, 2.75) is 38.5 Å². The first-order valence-corrected chi connectivity index (χ1v) is 6.88. The van der Waals surface area contributed by atoms with Crippen LogP contribution >= 0.6 is 11.3 Å². The Hall–Kier alpha value is -1.13. The molecule has 0 saturated heterocycles. The number of nitrogens with zero attached hydrogens (tertiary/aromatic N) is 1. The Bertz CT molecular complexity index is 464. The van der Waals surface area contributed by atoms with Gasteiger partial charge < -0.3 is 10.0 Å². The minimum Gasteiger partial charge on any atom is -0.369 e. The molecule has 0 aromatic carbocycles. The zero-order valence-electron chi connectivity index (χ0n) is 9.56. The van der Waals surface area contributed by atoms with Crippen LogP contribution in [0, 0.1) is 0 Å². The van der Waals surface area contributed by atoms with Crippen molar-refractivity contribution in [3.8, 4) is 0 Å². The van der Waals surface area contributed by atoms with E-state index in [0.717, 1.165) is 41.7 Å². The van der Waals surface area contributed by atoms with Gasteiger partial charge in [-0.1, -0.05) is 6.07 Å². The summed E-state index contributed by atoms with van der Waals surface area (Å²) in [6.07, 6.45) is 3.20. The number of hydrogen-bond donors (Lipinski definition) is 1. The van der Waals surface area contributed by atoms with Gasteiger partial charge in [0.15, 0.2) is 6.23 Å². The maximum Gasteiger partial charge on any atom is 0.252 e. The number of aliphatic hydroxyl groups excluding tert-OH is 1. The molecule has 0 unspecified atom stereocenters. The van der Waals surface area contributed by atoms with Gasteiger partial charge in [0.05, 0.1) is 6.54 Å². The van der Waals surface area contributed by atoms with Gasteiger partial charge in [0.2, 0.25) is 0 Å². The van der Waals surface area contributed by atoms with Gasteiger partial charge in [-0.2, -0.15) is 0 Å². The Balaban J connectivity index is 1.82. The van der Waals surface area contributed by atoms with Crippen LogP contribution in [0.4, 0.5) is 0 Å². The number of thiophene rings is 1. The number of rotatable bonds is 2. The Labute approximate surface area is 104 Å². The van der Waals surface area contributed by atoms with Gasteiger partial charge in [0.25, 0.3) is 5.91 Å². The fourth-order valence-electron chi connectivity index (χ4n) is 2.66. The van der Waals surface area contributed by atoms with Crippen LogP contribution in [0.2, 0.25) is 0 Å². The molecule has 1 amide bonds. The van der Waals surface area contributed by atoms with Crippen molar-refractivity contribution in [3.63, 3.8) is 0 Å². The molecule has 17 heavy (non-hydrogen) atoms. The molecule has 1 aliphatic heterocycles. The third-order valence-electron chi connectivity index (χ3n) is 3.54. The molecule has 0 spiro atoms. The predicted octanol–water partition coefficient (Wildman–Crippen LogP) is 2.28. The summed E-state index contributed by atoms with van der Waals surface area (Å²) in [5.74, 6) is 0.0422. The topological polar surface area (TPSA) is 40.5 Å². The van der Waals surface area contributed by atoms with Gasteiger partial charge in [0, 0.05) is 10.5 Å². The maximum absolute atomic E-state index is 12.2. The lowest BCUT2D eigenvalue weighted by molar-refractivity contribution is -0.132. The summed E-state index contributed by atoms with van der Waals surface area (Å²) in [5, 5.41) is 12.2. The van der Waals surface area contributed by atoms with Gasteiger partial charge in [0.1, 0.15) is 0 Å². The monoisotopic (exact) mass is 249 g/mol. The van der Waals surface area contributed by atoms with Crippen LogP contribution in [0.1, 0.15) is 30.6 Å². The van der Waals surface area contributed by atoms with E-state index >= 15 is 0 Å². The second-order valence-electron chi connectivity index (χ2n) is 4.60. The highest BCUT2D eigenvalue weighted by atomic mass is 32.1. The van der Waals surface area contributed by atoms with Crippen molar-refractivity contribution < 1.29 is 9.90 Å². The first-order chi connectivity index (χ1) is 8.27. The third-order valence-corrected chi connectivity index (χ3v) is 4.40. The van der Waals surface area contributed by atoms with Crippen molar-refractivity contribution in [1.82, 2.24) is 4.90 Å². The van der Waals surface area contributed by atoms with Gasteiger partial charge >= 0.3 is 0 Å². The molecule has 0 radical (unpaired) electrons. The van der Waals surface area contributed by atoms with E-state index in [-0.39, 0.29) is 5.91 Å². The minimum absolute atomic E-state index is 0.0422. The van der Waals surface area contributed by atoms with E-state index in [1.807, 2.05) is 17.5 Å². The third kappa shape index (κ3) is 1.81. The average molecular weight is 249 g/mol. The van der Waals surface area contributed by atoms with Crippen LogP contribution in [0.25, 0.3) is 0 Å². The summed E-state index contributed by atoms with van der Waals surface area (Å²) < 4.78 is 0. The Morgan fingerprint density at radius 3 is 2.94 bits per heavy atom. The van der Waals surface area contributed by atoms with Crippen LogP contribution in [0.3, 0.4) is 0 Å². The van der Waals surface area contributed by atoms with Crippen molar-refractivity contribution in [1.29, 1.82) is 0 Å². The molecule has 0 fully saturated rings. The SMILES string of the molecule is O=C1C2=C(CCCC2)[C@H](O)N1Cc1cccs1. The average Bonchev–Trinajstić information content (AvgIpc) is 2.94. The molecule has 4 heteroatoms. The normalized spacial score (nSPS) is 24.4. The van der Waals surface area contributed by atoms with E-state index < -0.39 is 6.23 Å². The molecule has 1 atom stereocenters. The molecule has 1 aliphatic carbocycles. The van der Waals surface area contributed by atoms with E-state index in [0.29, 0.717) is 6.54 Å². The van der Waals surface area contributed by atoms with Gasteiger partial charge in [-0.25, -0.2) is 0 Å². The molecule has 0 saturated carbocycles. The number of hydrogen-bond acceptors (Lipinski definition) is 3. The largest absolute Gasteiger partial charge is 0.369 e. The van der Waals surface area contributed by atoms with Crippen molar-refractivity contribution in [2.75, 3.05) is 0 Å². The molecule has 1 aromatic rings. The number of carbonyl (C=O) groups excluding carboxylic acids is 1. The molecule has 3 rings (SSSR count). The fourth-order valence-corrected chi connectivity index (χ4v) is 3.36. The van der Waals surface area contributed by atoms with E-state index in [9.17, 15) is 9.90 Å². The van der Waals surface area contributed by atoms with Gasteiger partial charge in [-0.15, -0.1) is 11.3 Å². The van der Waals surface area contributed by atoms with Crippen molar-refractivity contribution in [3.05, 3.63) is 33.5 Å². The van der Waals surface area contributed by atoms with E-state index in [4.69, 9.17) is 0 Å². The molecular weight excluding hydrogens is 234 g/mol. The zero-order valence-corrected chi connectivity index (χ0v) is 10.4. The lowest BCUT2D eigenvalue weighted by atomic mass is 9.93. The number of carbonyl (C=O) groups is 1. The van der Waals surface area contributed by atoms with Crippen LogP contribution < -0.4 is 0 Å². The van der Waals surface area contributed by atoms with Gasteiger partial charge in [-0.3, -0.25) is 4.79 Å². The van der Waals surface area contributed by atoms with Gasteiger partial charge in [-0.05, 0) is 42.7 Å². The fraction of sp³-hybridized carbons (Fsp3) is 0.462. The lowest BCUT2D eigenvalue weighted by Gasteiger charge is -2.21. The second-order valence-corrected chi connectivity index (χ2v) is 5.63.